The number of benzene rings is 3. The Morgan fingerprint density at radius 3 is 2.52 bits per heavy atom. The largest absolute Gasteiger partial charge is 0.423 e. The van der Waals surface area contributed by atoms with Crippen LogP contribution in [0.2, 0.25) is 0 Å². The van der Waals surface area contributed by atoms with E-state index in [9.17, 15) is 4.79 Å². The normalized spacial score (nSPS) is 10.8. The van der Waals surface area contributed by atoms with E-state index in [4.69, 9.17) is 9.26 Å². The van der Waals surface area contributed by atoms with Crippen molar-refractivity contribution in [2.75, 3.05) is 0 Å². The highest BCUT2D eigenvalue weighted by Gasteiger charge is 2.14. The molecule has 0 unspecified atom stereocenters. The average Bonchev–Trinajstić information content (AvgIpc) is 3.06. The maximum absolute atomic E-state index is 12.3. The van der Waals surface area contributed by atoms with Gasteiger partial charge in [-0.05, 0) is 30.7 Å². The van der Waals surface area contributed by atoms with E-state index in [-0.39, 0.29) is 5.97 Å². The minimum atomic E-state index is -0.389. The minimum Gasteiger partial charge on any atom is -0.423 e. The second-order valence-corrected chi connectivity index (χ2v) is 5.76. The zero-order valence-electron chi connectivity index (χ0n) is 13.6. The molecule has 0 N–H and O–H groups in total. The molecule has 0 amide bonds. The molecule has 4 nitrogen and oxygen atoms in total. The van der Waals surface area contributed by atoms with Crippen molar-refractivity contribution in [3.05, 3.63) is 83.9 Å². The Hall–Kier alpha value is -3.40. The lowest BCUT2D eigenvalue weighted by atomic mass is 10.1. The van der Waals surface area contributed by atoms with Gasteiger partial charge in [-0.3, -0.25) is 0 Å². The van der Waals surface area contributed by atoms with Gasteiger partial charge in [0.15, 0.2) is 5.58 Å². The number of hydrogen-bond donors (Lipinski definition) is 0. The molecule has 0 atom stereocenters. The molecule has 4 heteroatoms. The summed E-state index contributed by atoms with van der Waals surface area (Å²) in [6, 6.07) is 22.4. The quantitative estimate of drug-likeness (QED) is 0.391. The summed E-state index contributed by atoms with van der Waals surface area (Å²) in [5, 5.41) is 5.02. The van der Waals surface area contributed by atoms with Gasteiger partial charge in [-0.2, -0.15) is 0 Å². The fraction of sp³-hybridized carbons (Fsp3) is 0.0476. The third-order valence-corrected chi connectivity index (χ3v) is 4.07. The van der Waals surface area contributed by atoms with Crippen molar-refractivity contribution in [3.63, 3.8) is 0 Å². The van der Waals surface area contributed by atoms with E-state index >= 15 is 0 Å². The Morgan fingerprint density at radius 1 is 0.960 bits per heavy atom. The summed E-state index contributed by atoms with van der Waals surface area (Å²) < 4.78 is 10.9. The van der Waals surface area contributed by atoms with Gasteiger partial charge in [-0.25, -0.2) is 4.79 Å². The number of ether oxygens (including phenoxy) is 1. The third-order valence-electron chi connectivity index (χ3n) is 4.07. The highest BCUT2D eigenvalue weighted by Crippen LogP contribution is 2.30. The highest BCUT2D eigenvalue weighted by molar-refractivity contribution is 5.95. The molecule has 0 bridgehead atoms. The molecule has 0 aliphatic carbocycles. The van der Waals surface area contributed by atoms with Crippen LogP contribution in [0.3, 0.4) is 0 Å². The number of carbonyl (C=O) groups excluding carboxylic acids is 1. The van der Waals surface area contributed by atoms with Crippen molar-refractivity contribution < 1.29 is 14.1 Å². The number of rotatable bonds is 3. The van der Waals surface area contributed by atoms with E-state index in [0.717, 1.165) is 22.2 Å². The lowest BCUT2D eigenvalue weighted by molar-refractivity contribution is 0.0734. The van der Waals surface area contributed by atoms with Crippen molar-refractivity contribution in [2.45, 2.75) is 6.92 Å². The first kappa shape index (κ1) is 15.1. The minimum absolute atomic E-state index is 0.389. The summed E-state index contributed by atoms with van der Waals surface area (Å²) in [6.07, 6.45) is 0. The first-order valence-corrected chi connectivity index (χ1v) is 7.95. The molecule has 0 saturated heterocycles. The molecule has 122 valence electrons. The Balaban J connectivity index is 1.65. The van der Waals surface area contributed by atoms with Gasteiger partial charge in [0.25, 0.3) is 0 Å². The zero-order chi connectivity index (χ0) is 17.2. The topological polar surface area (TPSA) is 52.3 Å². The molecule has 0 aliphatic rings. The van der Waals surface area contributed by atoms with Crippen molar-refractivity contribution in [2.24, 2.45) is 0 Å². The molecule has 3 aromatic carbocycles. The number of nitrogens with zero attached hydrogens (tertiary/aromatic N) is 1. The first-order chi connectivity index (χ1) is 12.2. The summed E-state index contributed by atoms with van der Waals surface area (Å²) >= 11 is 0. The number of aromatic nitrogens is 1. The second kappa shape index (κ2) is 6.24. The summed E-state index contributed by atoms with van der Waals surface area (Å²) in [5.74, 6) is 0.0387. The van der Waals surface area contributed by atoms with E-state index in [1.165, 1.54) is 0 Å². The number of hydrogen-bond acceptors (Lipinski definition) is 4. The lowest BCUT2D eigenvalue weighted by Crippen LogP contribution is -2.09. The molecule has 1 aromatic heterocycles. The van der Waals surface area contributed by atoms with Crippen LogP contribution in [0.5, 0.6) is 5.75 Å². The van der Waals surface area contributed by atoms with E-state index < -0.39 is 0 Å². The number of aryl methyl sites for hydroxylation is 1. The Kier molecular flexibility index (Phi) is 3.78. The standard InChI is InChI=1S/C21H15NO3/c1-14-7-5-6-10-17(14)21(23)24-16-11-12-18-19(13-16)25-22-20(18)15-8-3-2-4-9-15/h2-13H,1H3. The summed E-state index contributed by atoms with van der Waals surface area (Å²) in [6.45, 7) is 1.88. The molecular formula is C21H15NO3. The van der Waals surface area contributed by atoms with Crippen LogP contribution in [-0.4, -0.2) is 11.1 Å². The zero-order valence-corrected chi connectivity index (χ0v) is 13.6. The summed E-state index contributed by atoms with van der Waals surface area (Å²) in [5.41, 5.74) is 3.75. The van der Waals surface area contributed by atoms with Gasteiger partial charge in [-0.15, -0.1) is 0 Å². The van der Waals surface area contributed by atoms with Crippen LogP contribution in [0.15, 0.2) is 77.3 Å². The summed E-state index contributed by atoms with van der Waals surface area (Å²) in [4.78, 5) is 12.3. The Bertz CT molecular complexity index is 1050. The van der Waals surface area contributed by atoms with Gasteiger partial charge < -0.3 is 9.26 Å². The van der Waals surface area contributed by atoms with Crippen LogP contribution in [0.4, 0.5) is 0 Å². The van der Waals surface area contributed by atoms with Crippen molar-refractivity contribution in [1.29, 1.82) is 0 Å². The molecule has 0 radical (unpaired) electrons. The first-order valence-electron chi connectivity index (χ1n) is 7.95. The van der Waals surface area contributed by atoms with Gasteiger partial charge in [0.1, 0.15) is 11.4 Å². The van der Waals surface area contributed by atoms with Gasteiger partial charge >= 0.3 is 5.97 Å². The van der Waals surface area contributed by atoms with Gasteiger partial charge in [0, 0.05) is 17.0 Å². The van der Waals surface area contributed by atoms with Gasteiger partial charge in [0.2, 0.25) is 0 Å². The van der Waals surface area contributed by atoms with Crippen molar-refractivity contribution in [1.82, 2.24) is 5.16 Å². The molecule has 0 spiro atoms. The number of fused-ring (bicyclic) bond motifs is 1. The molecule has 25 heavy (non-hydrogen) atoms. The van der Waals surface area contributed by atoms with Crippen molar-refractivity contribution in [3.8, 4) is 17.0 Å². The summed E-state index contributed by atoms with van der Waals surface area (Å²) in [7, 11) is 0. The highest BCUT2D eigenvalue weighted by atomic mass is 16.5. The molecule has 4 aromatic rings. The predicted octanol–water partition coefficient (Wildman–Crippen LogP) is 5.02. The fourth-order valence-corrected chi connectivity index (χ4v) is 2.75. The van der Waals surface area contributed by atoms with Gasteiger partial charge in [0.05, 0.1) is 5.56 Å². The number of esters is 1. The molecule has 0 fully saturated rings. The molecule has 0 saturated carbocycles. The van der Waals surface area contributed by atoms with Crippen LogP contribution in [-0.2, 0) is 0 Å². The SMILES string of the molecule is Cc1ccccc1C(=O)Oc1ccc2c(-c3ccccc3)noc2c1. The van der Waals surface area contributed by atoms with Crippen LogP contribution in [0.1, 0.15) is 15.9 Å². The Morgan fingerprint density at radius 2 is 1.72 bits per heavy atom. The van der Waals surface area contributed by atoms with Crippen LogP contribution in [0.25, 0.3) is 22.2 Å². The smallest absolute Gasteiger partial charge is 0.343 e. The van der Waals surface area contributed by atoms with Crippen LogP contribution >= 0.6 is 0 Å². The Labute approximate surface area is 144 Å². The van der Waals surface area contributed by atoms with Gasteiger partial charge in [-0.1, -0.05) is 53.7 Å². The van der Waals surface area contributed by atoms with Crippen LogP contribution in [0, 0.1) is 6.92 Å². The molecule has 1 heterocycles. The second-order valence-electron chi connectivity index (χ2n) is 5.76. The molecule has 0 aliphatic heterocycles. The van der Waals surface area contributed by atoms with E-state index in [0.29, 0.717) is 16.9 Å². The van der Waals surface area contributed by atoms with E-state index in [2.05, 4.69) is 5.16 Å². The predicted molar refractivity (Wildman–Crippen MR) is 95.6 cm³/mol. The molecular weight excluding hydrogens is 314 g/mol. The fourth-order valence-electron chi connectivity index (χ4n) is 2.75. The molecule has 4 rings (SSSR count). The van der Waals surface area contributed by atoms with E-state index in [1.54, 1.807) is 18.2 Å². The average molecular weight is 329 g/mol. The van der Waals surface area contributed by atoms with Crippen molar-refractivity contribution >= 4 is 16.9 Å². The third kappa shape index (κ3) is 2.90. The monoisotopic (exact) mass is 329 g/mol. The maximum atomic E-state index is 12.3. The number of carbonyl (C=O) groups is 1. The van der Waals surface area contributed by atoms with Crippen LogP contribution < -0.4 is 4.74 Å². The van der Waals surface area contributed by atoms with E-state index in [1.807, 2.05) is 61.5 Å². The maximum Gasteiger partial charge on any atom is 0.343 e. The lowest BCUT2D eigenvalue weighted by Gasteiger charge is -2.06.